The lowest BCUT2D eigenvalue weighted by Gasteiger charge is -2.32. The number of hydrogen-bond acceptors (Lipinski definition) is 8. The van der Waals surface area contributed by atoms with Gasteiger partial charge in [-0.1, -0.05) is 6.07 Å². The van der Waals surface area contributed by atoms with Gasteiger partial charge < -0.3 is 18.9 Å². The van der Waals surface area contributed by atoms with Crippen molar-refractivity contribution in [2.45, 2.75) is 17.1 Å². The number of ether oxygens (including phenoxy) is 4. The molecule has 3 aromatic carbocycles. The third kappa shape index (κ3) is 5.14. The monoisotopic (exact) mass is 579 g/mol. The van der Waals surface area contributed by atoms with Gasteiger partial charge in [0.15, 0.2) is 6.10 Å². The summed E-state index contributed by atoms with van der Waals surface area (Å²) < 4.78 is 62.3. The Morgan fingerprint density at radius 2 is 1.75 bits per heavy atom. The molecule has 0 aliphatic carbocycles. The number of fused-ring (bicyclic) bond motifs is 1. The van der Waals surface area contributed by atoms with E-state index in [1.165, 1.54) is 20.3 Å². The lowest BCUT2D eigenvalue weighted by molar-refractivity contribution is 0.0106. The van der Waals surface area contributed by atoms with Crippen LogP contribution in [0, 0.1) is 5.82 Å². The number of sulfonamides is 1. The number of benzene rings is 3. The highest BCUT2D eigenvalue weighted by Gasteiger charge is 2.42. The summed E-state index contributed by atoms with van der Waals surface area (Å²) in [6.45, 7) is 0. The van der Waals surface area contributed by atoms with E-state index in [1.807, 2.05) is 0 Å². The number of carbonyl (C=O) groups is 2. The molecule has 0 fully saturated rings. The molecule has 1 aliphatic rings. The predicted molar refractivity (Wildman–Crippen MR) is 128 cm³/mol. The van der Waals surface area contributed by atoms with Gasteiger partial charge in [0, 0.05) is 0 Å². The maximum atomic E-state index is 13.4. The van der Waals surface area contributed by atoms with E-state index in [-0.39, 0.29) is 16.2 Å². The van der Waals surface area contributed by atoms with Crippen LogP contribution in [-0.4, -0.2) is 40.6 Å². The molecule has 0 bridgehead atoms. The minimum atomic E-state index is -4.40. The summed E-state index contributed by atoms with van der Waals surface area (Å²) in [6, 6.07) is 13.3. The SMILES string of the molecule is COc1ccc2c(c1)C(=O)[C@H](OC(=O)NS(=O)(=O)c1ccc(F)cc1)[C@@H](c1ccc(OC)c(Br)c1)O2. The van der Waals surface area contributed by atoms with Gasteiger partial charge in [-0.3, -0.25) is 4.79 Å². The highest BCUT2D eigenvalue weighted by atomic mass is 79.9. The normalized spacial score (nSPS) is 16.9. The van der Waals surface area contributed by atoms with Gasteiger partial charge in [0.2, 0.25) is 11.9 Å². The fourth-order valence-corrected chi connectivity index (χ4v) is 5.00. The first-order chi connectivity index (χ1) is 17.1. The Balaban J connectivity index is 1.67. The first-order valence-corrected chi connectivity index (χ1v) is 12.6. The van der Waals surface area contributed by atoms with Crippen LogP contribution in [0.5, 0.6) is 17.2 Å². The van der Waals surface area contributed by atoms with Gasteiger partial charge in [-0.2, -0.15) is 0 Å². The smallest absolute Gasteiger partial charge is 0.422 e. The second-order valence-corrected chi connectivity index (χ2v) is 10.1. The second kappa shape index (κ2) is 10.2. The molecule has 1 heterocycles. The number of ketones is 1. The number of nitrogens with one attached hydrogen (secondary N) is 1. The van der Waals surface area contributed by atoms with Crippen molar-refractivity contribution in [2.75, 3.05) is 14.2 Å². The van der Waals surface area contributed by atoms with Crippen LogP contribution >= 0.6 is 15.9 Å². The lowest BCUT2D eigenvalue weighted by Crippen LogP contribution is -2.43. The maximum Gasteiger partial charge on any atom is 0.422 e. The zero-order chi connectivity index (χ0) is 26.0. The second-order valence-electron chi connectivity index (χ2n) is 7.54. The Morgan fingerprint density at radius 3 is 2.39 bits per heavy atom. The van der Waals surface area contributed by atoms with E-state index < -0.39 is 39.9 Å². The molecule has 188 valence electrons. The van der Waals surface area contributed by atoms with Gasteiger partial charge in [-0.25, -0.2) is 22.3 Å². The fraction of sp³-hybridized carbons (Fsp3) is 0.167. The molecule has 0 aromatic heterocycles. The molecule has 0 unspecified atom stereocenters. The van der Waals surface area contributed by atoms with Crippen molar-refractivity contribution in [1.82, 2.24) is 4.72 Å². The zero-order valence-corrected chi connectivity index (χ0v) is 21.3. The summed E-state index contributed by atoms with van der Waals surface area (Å²) in [5.74, 6) is -0.146. The summed E-state index contributed by atoms with van der Waals surface area (Å²) in [5, 5.41) is 0. The minimum absolute atomic E-state index is 0.0948. The van der Waals surface area contributed by atoms with Gasteiger partial charge in [0.05, 0.1) is 29.2 Å². The van der Waals surface area contributed by atoms with Crippen LogP contribution in [-0.2, 0) is 14.8 Å². The summed E-state index contributed by atoms with van der Waals surface area (Å²) in [6.07, 6.45) is -4.07. The lowest BCUT2D eigenvalue weighted by atomic mass is 9.93. The number of amides is 1. The summed E-state index contributed by atoms with van der Waals surface area (Å²) in [5.41, 5.74) is 0.550. The molecule has 0 spiro atoms. The minimum Gasteiger partial charge on any atom is -0.497 e. The number of Topliss-reactive ketones (excluding diaryl/α,β-unsaturated/α-hetero) is 1. The van der Waals surface area contributed by atoms with Gasteiger partial charge in [0.1, 0.15) is 23.1 Å². The summed E-state index contributed by atoms with van der Waals surface area (Å²) >= 11 is 3.37. The van der Waals surface area contributed by atoms with E-state index in [0.717, 1.165) is 24.3 Å². The van der Waals surface area contributed by atoms with Crippen LogP contribution in [0.15, 0.2) is 70.0 Å². The molecule has 4 rings (SSSR count). The van der Waals surface area contributed by atoms with E-state index in [4.69, 9.17) is 18.9 Å². The molecule has 3 aromatic rings. The molecule has 1 aliphatic heterocycles. The first-order valence-electron chi connectivity index (χ1n) is 10.3. The molecule has 36 heavy (non-hydrogen) atoms. The summed E-state index contributed by atoms with van der Waals surface area (Å²) in [7, 11) is -1.49. The van der Waals surface area contributed by atoms with E-state index in [1.54, 1.807) is 35.1 Å². The van der Waals surface area contributed by atoms with Crippen LogP contribution in [0.4, 0.5) is 9.18 Å². The number of hydrogen-bond donors (Lipinski definition) is 1. The van der Waals surface area contributed by atoms with Crippen molar-refractivity contribution in [3.8, 4) is 17.2 Å². The van der Waals surface area contributed by atoms with E-state index in [0.29, 0.717) is 21.5 Å². The van der Waals surface area contributed by atoms with Crippen molar-refractivity contribution < 1.29 is 41.3 Å². The number of methoxy groups -OCH3 is 2. The third-order valence-corrected chi connectivity index (χ3v) is 7.27. The molecule has 2 atom stereocenters. The highest BCUT2D eigenvalue weighted by molar-refractivity contribution is 9.10. The van der Waals surface area contributed by atoms with Crippen LogP contribution in [0.2, 0.25) is 0 Å². The average Bonchev–Trinajstić information content (AvgIpc) is 2.85. The van der Waals surface area contributed by atoms with Crippen molar-refractivity contribution >= 4 is 37.8 Å². The number of halogens is 2. The molecular weight excluding hydrogens is 561 g/mol. The van der Waals surface area contributed by atoms with Gasteiger partial charge in [0.25, 0.3) is 10.0 Å². The Labute approximate surface area is 214 Å². The highest BCUT2D eigenvalue weighted by Crippen LogP contribution is 2.40. The van der Waals surface area contributed by atoms with Crippen LogP contribution in [0.25, 0.3) is 0 Å². The van der Waals surface area contributed by atoms with E-state index >= 15 is 0 Å². The van der Waals surface area contributed by atoms with Gasteiger partial charge in [-0.15, -0.1) is 0 Å². The van der Waals surface area contributed by atoms with Crippen LogP contribution in [0.3, 0.4) is 0 Å². The molecule has 9 nitrogen and oxygen atoms in total. The van der Waals surface area contributed by atoms with E-state index in [9.17, 15) is 22.4 Å². The van der Waals surface area contributed by atoms with Crippen LogP contribution in [0.1, 0.15) is 22.0 Å². The third-order valence-electron chi connectivity index (χ3n) is 5.32. The molecule has 0 saturated heterocycles. The van der Waals surface area contributed by atoms with E-state index in [2.05, 4.69) is 15.9 Å². The maximum absolute atomic E-state index is 13.4. The number of rotatable bonds is 6. The van der Waals surface area contributed by atoms with Crippen molar-refractivity contribution in [3.63, 3.8) is 0 Å². The Morgan fingerprint density at radius 1 is 1.03 bits per heavy atom. The first kappa shape index (κ1) is 25.5. The van der Waals surface area contributed by atoms with Crippen LogP contribution < -0.4 is 18.9 Å². The zero-order valence-electron chi connectivity index (χ0n) is 18.9. The average molecular weight is 580 g/mol. The predicted octanol–water partition coefficient (Wildman–Crippen LogP) is 4.41. The quantitative estimate of drug-likeness (QED) is 0.456. The van der Waals surface area contributed by atoms with Crippen molar-refractivity contribution in [1.29, 1.82) is 0 Å². The molecule has 1 N–H and O–H groups in total. The topological polar surface area (TPSA) is 117 Å². The fourth-order valence-electron chi connectivity index (χ4n) is 3.56. The Kier molecular flexibility index (Phi) is 7.18. The van der Waals surface area contributed by atoms with Gasteiger partial charge >= 0.3 is 6.09 Å². The van der Waals surface area contributed by atoms with Crippen molar-refractivity contribution in [3.05, 3.63) is 82.1 Å². The molecule has 12 heteroatoms. The molecule has 0 saturated carbocycles. The molecular formula is C24H19BrFNO8S. The Hall–Kier alpha value is -3.64. The standard InChI is InChI=1S/C24H19BrFNO8S/c1-32-15-6-10-19-17(12-15)21(28)23(22(34-19)13-3-9-20(33-2)18(25)11-13)35-24(29)27-36(30,31)16-7-4-14(26)5-8-16/h3-12,22-23H,1-2H3,(H,27,29)/t22-,23+/m1/s1. The summed E-state index contributed by atoms with van der Waals surface area (Å²) in [4.78, 5) is 25.7. The van der Waals surface area contributed by atoms with Gasteiger partial charge in [-0.05, 0) is 76.1 Å². The van der Waals surface area contributed by atoms with Crippen molar-refractivity contribution in [2.24, 2.45) is 0 Å². The molecule has 1 amide bonds. The largest absolute Gasteiger partial charge is 0.497 e. The Bertz CT molecular complexity index is 1430. The molecule has 0 radical (unpaired) electrons. The number of carbonyl (C=O) groups excluding carboxylic acids is 2.